The summed E-state index contributed by atoms with van der Waals surface area (Å²) in [5.41, 5.74) is 3.58. The van der Waals surface area contributed by atoms with E-state index in [2.05, 4.69) is 5.43 Å². The molecular formula is C11H13ClN2OS. The molecule has 1 unspecified atom stereocenters. The molecule has 0 spiro atoms. The summed E-state index contributed by atoms with van der Waals surface area (Å²) in [4.78, 5) is 0. The van der Waals surface area contributed by atoms with Crippen LogP contribution in [0.4, 0.5) is 0 Å². The zero-order valence-electron chi connectivity index (χ0n) is 8.87. The van der Waals surface area contributed by atoms with Crippen LogP contribution in [0.2, 0.25) is 5.02 Å². The van der Waals surface area contributed by atoms with Crippen LogP contribution in [0.3, 0.4) is 0 Å². The molecule has 3 N–H and O–H groups in total. The fraction of sp³-hybridized carbons (Fsp3) is 0.273. The lowest BCUT2D eigenvalue weighted by molar-refractivity contribution is 0.464. The van der Waals surface area contributed by atoms with Crippen molar-refractivity contribution >= 4 is 34.3 Å². The van der Waals surface area contributed by atoms with Crippen LogP contribution in [-0.2, 0) is 0 Å². The number of hydrogen-bond acceptors (Lipinski definition) is 4. The molecule has 0 aliphatic carbocycles. The first-order chi connectivity index (χ1) is 7.74. The summed E-state index contributed by atoms with van der Waals surface area (Å²) in [5, 5.41) is 1.71. The van der Waals surface area contributed by atoms with Crippen LogP contribution in [0.1, 0.15) is 11.8 Å². The van der Waals surface area contributed by atoms with Gasteiger partial charge >= 0.3 is 0 Å². The first kappa shape index (κ1) is 11.8. The van der Waals surface area contributed by atoms with Crippen LogP contribution in [0.15, 0.2) is 28.7 Å². The summed E-state index contributed by atoms with van der Waals surface area (Å²) in [6.45, 7) is 0. The van der Waals surface area contributed by atoms with E-state index in [1.54, 1.807) is 11.8 Å². The highest BCUT2D eigenvalue weighted by molar-refractivity contribution is 7.98. The van der Waals surface area contributed by atoms with Crippen molar-refractivity contribution in [1.82, 2.24) is 5.43 Å². The molecule has 0 bridgehead atoms. The number of nitrogens with two attached hydrogens (primary N) is 1. The van der Waals surface area contributed by atoms with E-state index in [1.165, 1.54) is 0 Å². The molecule has 0 saturated heterocycles. The van der Waals surface area contributed by atoms with E-state index in [0.717, 1.165) is 22.5 Å². The lowest BCUT2D eigenvalue weighted by atomic mass is 10.2. The second-order valence-corrected chi connectivity index (χ2v) is 4.85. The Kier molecular flexibility index (Phi) is 3.76. The fourth-order valence-electron chi connectivity index (χ4n) is 1.59. The third-order valence-corrected chi connectivity index (χ3v) is 3.28. The molecule has 0 fully saturated rings. The van der Waals surface area contributed by atoms with Crippen molar-refractivity contribution in [2.75, 3.05) is 12.0 Å². The van der Waals surface area contributed by atoms with E-state index in [9.17, 15) is 0 Å². The van der Waals surface area contributed by atoms with Gasteiger partial charge in [0.05, 0.1) is 6.04 Å². The Morgan fingerprint density at radius 2 is 2.31 bits per heavy atom. The summed E-state index contributed by atoms with van der Waals surface area (Å²) in [6, 6.07) is 7.57. The molecule has 2 rings (SSSR count). The van der Waals surface area contributed by atoms with Gasteiger partial charge in [0.1, 0.15) is 11.3 Å². The number of hydrogen-bond donors (Lipinski definition) is 2. The highest BCUT2D eigenvalue weighted by Crippen LogP contribution is 2.27. The topological polar surface area (TPSA) is 51.2 Å². The number of hydrazine groups is 1. The first-order valence-corrected chi connectivity index (χ1v) is 6.66. The van der Waals surface area contributed by atoms with Crippen molar-refractivity contribution in [1.29, 1.82) is 0 Å². The number of rotatable bonds is 4. The lowest BCUT2D eigenvalue weighted by Gasteiger charge is -2.10. The molecule has 0 saturated carbocycles. The van der Waals surface area contributed by atoms with Crippen molar-refractivity contribution in [2.45, 2.75) is 6.04 Å². The second-order valence-electron chi connectivity index (χ2n) is 3.51. The molecule has 0 aliphatic heterocycles. The van der Waals surface area contributed by atoms with Gasteiger partial charge in [-0.05, 0) is 30.5 Å². The zero-order valence-corrected chi connectivity index (χ0v) is 10.4. The number of furan rings is 1. The minimum absolute atomic E-state index is 0.0289. The van der Waals surface area contributed by atoms with E-state index in [0.29, 0.717) is 5.02 Å². The van der Waals surface area contributed by atoms with Crippen LogP contribution in [0.5, 0.6) is 0 Å². The van der Waals surface area contributed by atoms with Crippen molar-refractivity contribution in [3.05, 3.63) is 35.0 Å². The van der Waals surface area contributed by atoms with Gasteiger partial charge < -0.3 is 4.42 Å². The predicted octanol–water partition coefficient (Wildman–Crippen LogP) is 2.95. The summed E-state index contributed by atoms with van der Waals surface area (Å²) in [7, 11) is 0. The van der Waals surface area contributed by atoms with E-state index < -0.39 is 0 Å². The second kappa shape index (κ2) is 5.10. The normalized spacial score (nSPS) is 13.2. The van der Waals surface area contributed by atoms with E-state index in [4.69, 9.17) is 21.9 Å². The van der Waals surface area contributed by atoms with Crippen LogP contribution in [0, 0.1) is 0 Å². The highest BCUT2D eigenvalue weighted by Gasteiger charge is 2.14. The van der Waals surface area contributed by atoms with Gasteiger partial charge in [-0.25, -0.2) is 5.43 Å². The van der Waals surface area contributed by atoms with Gasteiger partial charge in [-0.2, -0.15) is 11.8 Å². The van der Waals surface area contributed by atoms with Crippen LogP contribution in [0.25, 0.3) is 11.0 Å². The maximum atomic E-state index is 5.92. The van der Waals surface area contributed by atoms with Crippen molar-refractivity contribution < 1.29 is 4.42 Å². The van der Waals surface area contributed by atoms with Gasteiger partial charge in [-0.15, -0.1) is 0 Å². The van der Waals surface area contributed by atoms with Gasteiger partial charge in [0, 0.05) is 16.2 Å². The molecule has 86 valence electrons. The Morgan fingerprint density at radius 1 is 1.50 bits per heavy atom. The number of nitrogens with one attached hydrogen (secondary N) is 1. The van der Waals surface area contributed by atoms with Crippen LogP contribution in [-0.4, -0.2) is 12.0 Å². The van der Waals surface area contributed by atoms with Crippen molar-refractivity contribution in [3.63, 3.8) is 0 Å². The molecule has 1 heterocycles. The fourth-order valence-corrected chi connectivity index (χ4v) is 2.36. The molecule has 1 aromatic heterocycles. The molecule has 1 aromatic carbocycles. The monoisotopic (exact) mass is 256 g/mol. The molecule has 16 heavy (non-hydrogen) atoms. The average Bonchev–Trinajstić information content (AvgIpc) is 2.68. The first-order valence-electron chi connectivity index (χ1n) is 4.88. The Morgan fingerprint density at radius 3 is 3.00 bits per heavy atom. The van der Waals surface area contributed by atoms with Gasteiger partial charge in [0.15, 0.2) is 0 Å². The van der Waals surface area contributed by atoms with Gasteiger partial charge in [0.25, 0.3) is 0 Å². The summed E-state index contributed by atoms with van der Waals surface area (Å²) in [6.07, 6.45) is 2.03. The summed E-state index contributed by atoms with van der Waals surface area (Å²) >= 11 is 7.63. The Labute approximate surface area is 103 Å². The highest BCUT2D eigenvalue weighted by atomic mass is 35.5. The summed E-state index contributed by atoms with van der Waals surface area (Å²) < 4.78 is 5.71. The quantitative estimate of drug-likeness (QED) is 0.652. The Balaban J connectivity index is 2.37. The van der Waals surface area contributed by atoms with Crippen LogP contribution >= 0.6 is 23.4 Å². The molecule has 0 amide bonds. The van der Waals surface area contributed by atoms with E-state index in [-0.39, 0.29) is 6.04 Å². The Bertz CT molecular complexity index is 486. The largest absolute Gasteiger partial charge is 0.459 e. The molecular weight excluding hydrogens is 244 g/mol. The third kappa shape index (κ3) is 2.35. The molecule has 3 nitrogen and oxygen atoms in total. The van der Waals surface area contributed by atoms with E-state index in [1.807, 2.05) is 30.5 Å². The van der Waals surface area contributed by atoms with Crippen molar-refractivity contribution in [3.8, 4) is 0 Å². The number of thioether (sulfide) groups is 1. The smallest absolute Gasteiger partial charge is 0.134 e. The number of benzene rings is 1. The number of halogens is 1. The van der Waals surface area contributed by atoms with Crippen LogP contribution < -0.4 is 11.3 Å². The molecule has 0 aliphatic rings. The molecule has 1 atom stereocenters. The van der Waals surface area contributed by atoms with Crippen molar-refractivity contribution in [2.24, 2.45) is 5.84 Å². The SMILES string of the molecule is CSCC(NN)c1cc2cc(Cl)ccc2o1. The molecule has 2 aromatic rings. The minimum atomic E-state index is 0.0289. The van der Waals surface area contributed by atoms with Gasteiger partial charge in [0.2, 0.25) is 0 Å². The predicted molar refractivity (Wildman–Crippen MR) is 69.7 cm³/mol. The van der Waals surface area contributed by atoms with Gasteiger partial charge in [-0.1, -0.05) is 11.6 Å². The number of fused-ring (bicyclic) bond motifs is 1. The zero-order chi connectivity index (χ0) is 11.5. The molecule has 5 heteroatoms. The summed E-state index contributed by atoms with van der Waals surface area (Å²) in [5.74, 6) is 7.20. The average molecular weight is 257 g/mol. The standard InChI is InChI=1S/C11H13ClN2OS/c1-16-6-9(14-13)11-5-7-4-8(12)2-3-10(7)15-11/h2-5,9,14H,6,13H2,1H3. The minimum Gasteiger partial charge on any atom is -0.459 e. The van der Waals surface area contributed by atoms with Gasteiger partial charge in [-0.3, -0.25) is 5.84 Å². The molecule has 0 radical (unpaired) electrons. The lowest BCUT2D eigenvalue weighted by Crippen LogP contribution is -2.29. The van der Waals surface area contributed by atoms with E-state index >= 15 is 0 Å². The maximum Gasteiger partial charge on any atom is 0.134 e. The third-order valence-electron chi connectivity index (χ3n) is 2.38. The Hall–Kier alpha value is -0.680. The maximum absolute atomic E-state index is 5.92.